The largest absolute Gasteiger partial charge is 0.573 e. The predicted molar refractivity (Wildman–Crippen MR) is 70.8 cm³/mol. The Hall–Kier alpha value is -1.76. The van der Waals surface area contributed by atoms with Gasteiger partial charge in [-0.15, -0.1) is 13.2 Å². The molecule has 0 aliphatic rings. The Bertz CT molecular complexity index is 446. The first-order valence-electron chi connectivity index (χ1n) is 6.47. The third-order valence-corrected chi connectivity index (χ3v) is 2.85. The van der Waals surface area contributed by atoms with Crippen LogP contribution in [0.2, 0.25) is 0 Å². The van der Waals surface area contributed by atoms with Crippen LogP contribution in [0.15, 0.2) is 24.3 Å². The first-order chi connectivity index (χ1) is 9.81. The molecule has 1 atom stereocenters. The molecule has 0 aliphatic heterocycles. The Kier molecular flexibility index (Phi) is 6.48. The highest BCUT2D eigenvalue weighted by Gasteiger charge is 2.30. The molecule has 0 saturated heterocycles. The zero-order valence-corrected chi connectivity index (χ0v) is 11.9. The molecule has 4 nitrogen and oxygen atoms in total. The van der Waals surface area contributed by atoms with Crippen LogP contribution in [0.25, 0.3) is 0 Å². The molecule has 21 heavy (non-hydrogen) atoms. The molecule has 0 bridgehead atoms. The molecule has 0 heterocycles. The van der Waals surface area contributed by atoms with Crippen molar-refractivity contribution >= 4 is 5.97 Å². The number of ether oxygens (including phenoxy) is 2. The summed E-state index contributed by atoms with van der Waals surface area (Å²) in [6.45, 7) is 2.49. The average Bonchev–Trinajstić information content (AvgIpc) is 2.42. The van der Waals surface area contributed by atoms with Crippen LogP contribution < -0.4 is 10.1 Å². The number of benzene rings is 1. The molecule has 7 heteroatoms. The molecule has 1 unspecified atom stereocenters. The molecule has 0 radical (unpaired) electrons. The number of alkyl halides is 3. The highest BCUT2D eigenvalue weighted by atomic mass is 19.4. The summed E-state index contributed by atoms with van der Waals surface area (Å²) in [5.74, 6) is -0.512. The van der Waals surface area contributed by atoms with Gasteiger partial charge >= 0.3 is 12.3 Å². The van der Waals surface area contributed by atoms with Gasteiger partial charge in [0.1, 0.15) is 5.75 Å². The Morgan fingerprint density at radius 1 is 1.29 bits per heavy atom. The van der Waals surface area contributed by atoms with E-state index in [2.05, 4.69) is 14.8 Å². The van der Waals surface area contributed by atoms with Gasteiger partial charge in [-0.2, -0.15) is 0 Å². The third kappa shape index (κ3) is 6.99. The van der Waals surface area contributed by atoms with Gasteiger partial charge in [-0.3, -0.25) is 4.79 Å². The fourth-order valence-corrected chi connectivity index (χ4v) is 1.73. The standard InChI is InChI=1S/C14H18F3NO3/c1-10(18-9-3-4-13(19)20-2)11-5-7-12(8-6-11)21-14(15,16)17/h5-8,10,18H,3-4,9H2,1-2H3. The normalized spacial score (nSPS) is 12.8. The van der Waals surface area contributed by atoms with E-state index in [0.29, 0.717) is 19.4 Å². The molecule has 1 rings (SSSR count). The SMILES string of the molecule is COC(=O)CCCNC(C)c1ccc(OC(F)(F)F)cc1. The molecule has 1 N–H and O–H groups in total. The summed E-state index contributed by atoms with van der Waals surface area (Å²) >= 11 is 0. The van der Waals surface area contributed by atoms with Crippen LogP contribution in [0, 0.1) is 0 Å². The molecule has 0 saturated carbocycles. The number of carbonyl (C=O) groups is 1. The summed E-state index contributed by atoms with van der Waals surface area (Å²) in [7, 11) is 1.34. The number of halogens is 3. The van der Waals surface area contributed by atoms with Gasteiger partial charge in [-0.1, -0.05) is 12.1 Å². The minimum absolute atomic E-state index is 0.0393. The summed E-state index contributed by atoms with van der Waals surface area (Å²) in [4.78, 5) is 10.9. The molecule has 0 amide bonds. The molecule has 0 aromatic heterocycles. The highest BCUT2D eigenvalue weighted by Crippen LogP contribution is 2.24. The van der Waals surface area contributed by atoms with E-state index in [1.165, 1.54) is 19.2 Å². The van der Waals surface area contributed by atoms with Gasteiger partial charge in [0.05, 0.1) is 7.11 Å². The maximum Gasteiger partial charge on any atom is 0.573 e. The fourth-order valence-electron chi connectivity index (χ4n) is 1.73. The molecular weight excluding hydrogens is 287 g/mol. The van der Waals surface area contributed by atoms with Gasteiger partial charge < -0.3 is 14.8 Å². The number of hydrogen-bond donors (Lipinski definition) is 1. The summed E-state index contributed by atoms with van der Waals surface area (Å²) in [6.07, 6.45) is -3.72. The Morgan fingerprint density at radius 3 is 2.43 bits per heavy atom. The molecule has 0 aliphatic carbocycles. The van der Waals surface area contributed by atoms with Gasteiger partial charge in [-0.05, 0) is 37.6 Å². The summed E-state index contributed by atoms with van der Waals surface area (Å²) in [5.41, 5.74) is 0.836. The lowest BCUT2D eigenvalue weighted by atomic mass is 10.1. The van der Waals surface area contributed by atoms with Crippen LogP contribution in [-0.4, -0.2) is 26.0 Å². The lowest BCUT2D eigenvalue weighted by Crippen LogP contribution is -2.21. The average molecular weight is 305 g/mol. The lowest BCUT2D eigenvalue weighted by molar-refractivity contribution is -0.274. The maximum atomic E-state index is 12.0. The lowest BCUT2D eigenvalue weighted by Gasteiger charge is -2.15. The van der Waals surface area contributed by atoms with Crippen LogP contribution in [-0.2, 0) is 9.53 Å². The van der Waals surface area contributed by atoms with E-state index in [9.17, 15) is 18.0 Å². The first-order valence-corrected chi connectivity index (χ1v) is 6.47. The molecule has 0 spiro atoms. The molecule has 1 aromatic rings. The summed E-state index contributed by atoms with van der Waals surface area (Å²) in [6, 6.07) is 5.64. The minimum Gasteiger partial charge on any atom is -0.469 e. The quantitative estimate of drug-likeness (QED) is 0.621. The van der Waals surface area contributed by atoms with Crippen LogP contribution in [0.3, 0.4) is 0 Å². The van der Waals surface area contributed by atoms with Gasteiger partial charge in [0.15, 0.2) is 0 Å². The monoisotopic (exact) mass is 305 g/mol. The minimum atomic E-state index is -4.68. The number of methoxy groups -OCH3 is 1. The molecule has 1 aromatic carbocycles. The number of esters is 1. The number of carbonyl (C=O) groups excluding carboxylic acids is 1. The zero-order chi connectivity index (χ0) is 15.9. The van der Waals surface area contributed by atoms with Crippen molar-refractivity contribution in [1.29, 1.82) is 0 Å². The van der Waals surface area contributed by atoms with Crippen molar-refractivity contribution in [3.05, 3.63) is 29.8 Å². The van der Waals surface area contributed by atoms with Crippen LogP contribution >= 0.6 is 0 Å². The van der Waals surface area contributed by atoms with E-state index in [0.717, 1.165) is 5.56 Å². The number of hydrogen-bond acceptors (Lipinski definition) is 4. The maximum absolute atomic E-state index is 12.0. The molecule has 118 valence electrons. The Labute approximate surface area is 121 Å². The van der Waals surface area contributed by atoms with Crippen molar-refractivity contribution < 1.29 is 27.4 Å². The second kappa shape index (κ2) is 7.87. The second-order valence-electron chi connectivity index (χ2n) is 4.47. The van der Waals surface area contributed by atoms with E-state index in [-0.39, 0.29) is 17.8 Å². The van der Waals surface area contributed by atoms with E-state index in [1.807, 2.05) is 6.92 Å². The van der Waals surface area contributed by atoms with Crippen molar-refractivity contribution in [3.63, 3.8) is 0 Å². The summed E-state index contributed by atoms with van der Waals surface area (Å²) in [5, 5.41) is 3.18. The number of rotatable bonds is 7. The summed E-state index contributed by atoms with van der Waals surface area (Å²) < 4.78 is 44.4. The fraction of sp³-hybridized carbons (Fsp3) is 0.500. The van der Waals surface area contributed by atoms with Crippen LogP contribution in [0.1, 0.15) is 31.4 Å². The van der Waals surface area contributed by atoms with Crippen molar-refractivity contribution in [2.24, 2.45) is 0 Å². The van der Waals surface area contributed by atoms with Crippen LogP contribution in [0.5, 0.6) is 5.75 Å². The van der Waals surface area contributed by atoms with Gasteiger partial charge in [0.2, 0.25) is 0 Å². The van der Waals surface area contributed by atoms with E-state index in [1.54, 1.807) is 12.1 Å². The van der Waals surface area contributed by atoms with Gasteiger partial charge in [-0.25, -0.2) is 0 Å². The van der Waals surface area contributed by atoms with Crippen molar-refractivity contribution in [2.45, 2.75) is 32.2 Å². The van der Waals surface area contributed by atoms with E-state index < -0.39 is 6.36 Å². The van der Waals surface area contributed by atoms with E-state index in [4.69, 9.17) is 0 Å². The van der Waals surface area contributed by atoms with Gasteiger partial charge in [0.25, 0.3) is 0 Å². The van der Waals surface area contributed by atoms with Crippen molar-refractivity contribution in [2.75, 3.05) is 13.7 Å². The Balaban J connectivity index is 2.41. The topological polar surface area (TPSA) is 47.6 Å². The van der Waals surface area contributed by atoms with Crippen molar-refractivity contribution in [3.8, 4) is 5.75 Å². The van der Waals surface area contributed by atoms with Crippen LogP contribution in [0.4, 0.5) is 13.2 Å². The molecular formula is C14H18F3NO3. The van der Waals surface area contributed by atoms with E-state index >= 15 is 0 Å². The van der Waals surface area contributed by atoms with Crippen molar-refractivity contribution in [1.82, 2.24) is 5.32 Å². The zero-order valence-electron chi connectivity index (χ0n) is 11.9. The molecule has 0 fully saturated rings. The first kappa shape index (κ1) is 17.3. The predicted octanol–water partition coefficient (Wildman–Crippen LogP) is 3.19. The highest BCUT2D eigenvalue weighted by molar-refractivity contribution is 5.69. The number of nitrogens with one attached hydrogen (secondary N) is 1. The van der Waals surface area contributed by atoms with Gasteiger partial charge in [0, 0.05) is 12.5 Å². The second-order valence-corrected chi connectivity index (χ2v) is 4.47. The third-order valence-electron chi connectivity index (χ3n) is 2.85. The smallest absolute Gasteiger partial charge is 0.469 e. The Morgan fingerprint density at radius 2 is 1.90 bits per heavy atom.